The van der Waals surface area contributed by atoms with E-state index >= 15 is 0 Å². The van der Waals surface area contributed by atoms with Gasteiger partial charge in [0.2, 0.25) is 5.95 Å². The number of rotatable bonds is 3. The number of fused-ring (bicyclic) bond motifs is 1. The predicted molar refractivity (Wildman–Crippen MR) is 95.5 cm³/mol. The van der Waals surface area contributed by atoms with Crippen molar-refractivity contribution in [2.45, 2.75) is 13.0 Å². The molecule has 0 spiro atoms. The van der Waals surface area contributed by atoms with Crippen LogP contribution in [-0.4, -0.2) is 30.8 Å². The van der Waals surface area contributed by atoms with Gasteiger partial charge in [-0.1, -0.05) is 18.2 Å². The normalized spacial score (nSPS) is 16.0. The SMILES string of the molecule is CC1=C(C(=O)Nc2ccccn2)[C@H](c2cccc(O)c2)n2ncnc2N1. The first-order valence-corrected chi connectivity index (χ1v) is 8.02. The van der Waals surface area contributed by atoms with Crippen LogP contribution >= 0.6 is 0 Å². The van der Waals surface area contributed by atoms with Crippen molar-refractivity contribution in [1.82, 2.24) is 19.7 Å². The summed E-state index contributed by atoms with van der Waals surface area (Å²) in [4.78, 5) is 21.3. The number of anilines is 2. The van der Waals surface area contributed by atoms with Gasteiger partial charge in [-0.15, -0.1) is 0 Å². The van der Waals surface area contributed by atoms with Crippen molar-refractivity contribution in [2.75, 3.05) is 10.6 Å². The van der Waals surface area contributed by atoms with Gasteiger partial charge >= 0.3 is 0 Å². The van der Waals surface area contributed by atoms with Crippen LogP contribution in [0, 0.1) is 0 Å². The van der Waals surface area contributed by atoms with E-state index < -0.39 is 6.04 Å². The summed E-state index contributed by atoms with van der Waals surface area (Å²) in [6, 6.07) is 11.5. The van der Waals surface area contributed by atoms with Crippen LogP contribution in [0.5, 0.6) is 5.75 Å². The molecule has 1 aliphatic heterocycles. The molecule has 0 bridgehead atoms. The molecule has 8 nitrogen and oxygen atoms in total. The maximum absolute atomic E-state index is 13.0. The average Bonchev–Trinajstić information content (AvgIpc) is 3.09. The largest absolute Gasteiger partial charge is 0.508 e. The maximum atomic E-state index is 13.0. The molecule has 4 rings (SSSR count). The van der Waals surface area contributed by atoms with Crippen LogP contribution in [0.3, 0.4) is 0 Å². The molecule has 0 unspecified atom stereocenters. The number of benzene rings is 1. The highest BCUT2D eigenvalue weighted by Gasteiger charge is 2.33. The lowest BCUT2D eigenvalue weighted by molar-refractivity contribution is -0.113. The Morgan fingerprint density at radius 3 is 2.88 bits per heavy atom. The third kappa shape index (κ3) is 2.77. The molecule has 0 saturated carbocycles. The molecule has 130 valence electrons. The second-order valence-corrected chi connectivity index (χ2v) is 5.86. The number of phenolic OH excluding ortho intramolecular Hbond substituents is 1. The molecule has 0 fully saturated rings. The van der Waals surface area contributed by atoms with E-state index in [1.807, 2.05) is 6.07 Å². The molecule has 3 heterocycles. The Kier molecular flexibility index (Phi) is 3.85. The first kappa shape index (κ1) is 15.8. The number of hydrogen-bond acceptors (Lipinski definition) is 6. The summed E-state index contributed by atoms with van der Waals surface area (Å²) >= 11 is 0. The smallest absolute Gasteiger partial charge is 0.257 e. The molecule has 0 aliphatic carbocycles. The fourth-order valence-electron chi connectivity index (χ4n) is 3.01. The van der Waals surface area contributed by atoms with Crippen molar-refractivity contribution in [3.8, 4) is 5.75 Å². The van der Waals surface area contributed by atoms with Gasteiger partial charge in [0.1, 0.15) is 23.9 Å². The number of carbonyl (C=O) groups excluding carboxylic acids is 1. The van der Waals surface area contributed by atoms with Gasteiger partial charge in [0.15, 0.2) is 0 Å². The van der Waals surface area contributed by atoms with Crippen molar-refractivity contribution in [2.24, 2.45) is 0 Å². The van der Waals surface area contributed by atoms with Crippen LogP contribution in [-0.2, 0) is 4.79 Å². The van der Waals surface area contributed by atoms with E-state index in [0.29, 0.717) is 23.0 Å². The molecule has 0 radical (unpaired) electrons. The van der Waals surface area contributed by atoms with Gasteiger partial charge in [-0.3, -0.25) is 4.79 Å². The standard InChI is InChI=1S/C18H16N6O2/c1-11-15(17(26)23-14-7-2-3-8-19-14)16(12-5-4-6-13(25)9-12)24-18(22-11)20-10-21-24/h2-10,16,25H,1H3,(H,19,23,26)(H,20,21,22)/t16-/m0/s1. The quantitative estimate of drug-likeness (QED) is 0.671. The zero-order chi connectivity index (χ0) is 18.1. The van der Waals surface area contributed by atoms with Crippen molar-refractivity contribution in [3.63, 3.8) is 0 Å². The predicted octanol–water partition coefficient (Wildman–Crippen LogP) is 2.31. The van der Waals surface area contributed by atoms with Crippen LogP contribution in [0.4, 0.5) is 11.8 Å². The number of nitrogens with one attached hydrogen (secondary N) is 2. The third-order valence-corrected chi connectivity index (χ3v) is 4.13. The van der Waals surface area contributed by atoms with Crippen LogP contribution in [0.1, 0.15) is 18.5 Å². The lowest BCUT2D eigenvalue weighted by Crippen LogP contribution is -2.31. The second kappa shape index (κ2) is 6.32. The number of hydrogen-bond donors (Lipinski definition) is 3. The number of aromatic nitrogens is 4. The van der Waals surface area contributed by atoms with Crippen molar-refractivity contribution >= 4 is 17.7 Å². The summed E-state index contributed by atoms with van der Waals surface area (Å²) in [5.41, 5.74) is 1.86. The molecule has 1 aromatic carbocycles. The fourth-order valence-corrected chi connectivity index (χ4v) is 3.01. The summed E-state index contributed by atoms with van der Waals surface area (Å²) in [7, 11) is 0. The number of pyridine rings is 1. The number of allylic oxidation sites excluding steroid dienone is 1. The number of phenols is 1. The molecular formula is C18H16N6O2. The molecular weight excluding hydrogens is 332 g/mol. The van der Waals surface area contributed by atoms with E-state index in [9.17, 15) is 9.90 Å². The van der Waals surface area contributed by atoms with Crippen molar-refractivity contribution in [1.29, 1.82) is 0 Å². The van der Waals surface area contributed by atoms with Crippen LogP contribution in [0.15, 0.2) is 66.3 Å². The summed E-state index contributed by atoms with van der Waals surface area (Å²) in [6.45, 7) is 1.81. The van der Waals surface area contributed by atoms with Gasteiger partial charge in [-0.25, -0.2) is 9.67 Å². The minimum absolute atomic E-state index is 0.116. The summed E-state index contributed by atoms with van der Waals surface area (Å²) in [6.07, 6.45) is 3.03. The highest BCUT2D eigenvalue weighted by molar-refractivity contribution is 6.05. The summed E-state index contributed by atoms with van der Waals surface area (Å²) in [5, 5.41) is 20.0. The van der Waals surface area contributed by atoms with Crippen molar-refractivity contribution < 1.29 is 9.90 Å². The zero-order valence-corrected chi connectivity index (χ0v) is 13.9. The topological polar surface area (TPSA) is 105 Å². The minimum atomic E-state index is -0.524. The first-order chi connectivity index (χ1) is 12.6. The average molecular weight is 348 g/mol. The van der Waals surface area contributed by atoms with Gasteiger partial charge in [-0.05, 0) is 36.8 Å². The summed E-state index contributed by atoms with van der Waals surface area (Å²) in [5.74, 6) is 0.801. The van der Waals surface area contributed by atoms with E-state index in [0.717, 1.165) is 5.56 Å². The van der Waals surface area contributed by atoms with Gasteiger partial charge in [0.05, 0.1) is 5.57 Å². The monoisotopic (exact) mass is 348 g/mol. The van der Waals surface area contributed by atoms with Gasteiger partial charge in [-0.2, -0.15) is 10.1 Å². The van der Waals surface area contributed by atoms with Gasteiger partial charge in [0, 0.05) is 11.9 Å². The Morgan fingerprint density at radius 2 is 2.12 bits per heavy atom. The molecule has 8 heteroatoms. The molecule has 0 saturated heterocycles. The van der Waals surface area contributed by atoms with E-state index in [1.165, 1.54) is 6.33 Å². The molecule has 1 amide bonds. The molecule has 3 N–H and O–H groups in total. The molecule has 2 aromatic heterocycles. The van der Waals surface area contributed by atoms with E-state index in [-0.39, 0.29) is 11.7 Å². The van der Waals surface area contributed by atoms with Crippen LogP contribution in [0.2, 0.25) is 0 Å². The van der Waals surface area contributed by atoms with E-state index in [2.05, 4.69) is 25.7 Å². The van der Waals surface area contributed by atoms with Crippen molar-refractivity contribution in [3.05, 3.63) is 71.8 Å². The lowest BCUT2D eigenvalue weighted by Gasteiger charge is -2.28. The number of carbonyl (C=O) groups is 1. The number of aromatic hydroxyl groups is 1. The number of nitrogens with zero attached hydrogens (tertiary/aromatic N) is 4. The molecule has 1 aliphatic rings. The molecule has 1 atom stereocenters. The van der Waals surface area contributed by atoms with Crippen LogP contribution in [0.25, 0.3) is 0 Å². The Bertz CT molecular complexity index is 996. The van der Waals surface area contributed by atoms with Gasteiger partial charge < -0.3 is 15.7 Å². The molecule has 3 aromatic rings. The maximum Gasteiger partial charge on any atom is 0.257 e. The van der Waals surface area contributed by atoms with E-state index in [4.69, 9.17) is 0 Å². The highest BCUT2D eigenvalue weighted by Crippen LogP contribution is 2.35. The lowest BCUT2D eigenvalue weighted by atomic mass is 9.95. The zero-order valence-electron chi connectivity index (χ0n) is 13.9. The Morgan fingerprint density at radius 1 is 1.23 bits per heavy atom. The Balaban J connectivity index is 1.78. The van der Waals surface area contributed by atoms with E-state index in [1.54, 1.807) is 54.2 Å². The third-order valence-electron chi connectivity index (χ3n) is 4.13. The molecule has 26 heavy (non-hydrogen) atoms. The first-order valence-electron chi connectivity index (χ1n) is 8.02. The fraction of sp³-hybridized carbons (Fsp3) is 0.111. The van der Waals surface area contributed by atoms with Gasteiger partial charge in [0.25, 0.3) is 5.91 Å². The Labute approximate surface area is 149 Å². The number of amides is 1. The second-order valence-electron chi connectivity index (χ2n) is 5.86. The highest BCUT2D eigenvalue weighted by atomic mass is 16.3. The minimum Gasteiger partial charge on any atom is -0.508 e. The van der Waals surface area contributed by atoms with Crippen LogP contribution < -0.4 is 10.6 Å². The Hall–Kier alpha value is -3.68. The summed E-state index contributed by atoms with van der Waals surface area (Å²) < 4.78 is 1.62.